The molecule has 1 aromatic carbocycles. The first-order valence-electron chi connectivity index (χ1n) is 9.46. The molecule has 0 spiro atoms. The first-order valence-corrected chi connectivity index (χ1v) is 11.1. The Kier molecular flexibility index (Phi) is 5.79. The molecule has 0 saturated heterocycles. The Morgan fingerprint density at radius 2 is 1.94 bits per heavy atom. The number of carbonyl (C=O) groups is 2. The van der Waals surface area contributed by atoms with Crippen molar-refractivity contribution >= 4 is 51.0 Å². The van der Waals surface area contributed by atoms with Crippen molar-refractivity contribution in [2.75, 3.05) is 19.4 Å². The van der Waals surface area contributed by atoms with Crippen molar-refractivity contribution < 1.29 is 14.1 Å². The number of carbonyl (C=O) groups excluding carboxylic acids is 2. The summed E-state index contributed by atoms with van der Waals surface area (Å²) >= 11 is 2.69. The molecule has 1 N–H and O–H groups in total. The zero-order valence-corrected chi connectivity index (χ0v) is 19.1. The summed E-state index contributed by atoms with van der Waals surface area (Å²) in [6.45, 7) is 3.80. The average Bonchev–Trinajstić information content (AvgIpc) is 3.33. The molecule has 0 radical (unpaired) electrons. The third-order valence-electron chi connectivity index (χ3n) is 4.52. The van der Waals surface area contributed by atoms with Gasteiger partial charge in [-0.15, -0.1) is 11.3 Å². The van der Waals surface area contributed by atoms with Gasteiger partial charge in [-0.1, -0.05) is 11.2 Å². The van der Waals surface area contributed by atoms with Crippen molar-refractivity contribution in [3.8, 4) is 10.6 Å². The molecule has 0 unspecified atom stereocenters. The van der Waals surface area contributed by atoms with Gasteiger partial charge in [-0.05, 0) is 62.0 Å². The van der Waals surface area contributed by atoms with Gasteiger partial charge in [0, 0.05) is 29.6 Å². The Hall–Kier alpha value is -3.17. The van der Waals surface area contributed by atoms with Crippen LogP contribution < -0.4 is 5.32 Å². The normalized spacial score (nSPS) is 11.0. The van der Waals surface area contributed by atoms with Crippen LogP contribution >= 0.6 is 23.1 Å². The lowest BCUT2D eigenvalue weighted by Crippen LogP contribution is -2.16. The lowest BCUT2D eigenvalue weighted by atomic mass is 10.1. The van der Waals surface area contributed by atoms with Gasteiger partial charge in [0.25, 0.3) is 16.9 Å². The van der Waals surface area contributed by atoms with E-state index in [1.54, 1.807) is 56.6 Å². The lowest BCUT2D eigenvalue weighted by Gasteiger charge is -2.11. The quantitative estimate of drug-likeness (QED) is 0.406. The smallest absolute Gasteiger partial charge is 0.285 e. The highest BCUT2D eigenvalue weighted by molar-refractivity contribution is 8.13. The van der Waals surface area contributed by atoms with Crippen LogP contribution in [-0.4, -0.2) is 40.3 Å². The molecule has 158 valence electrons. The second-order valence-corrected chi connectivity index (χ2v) is 9.47. The fourth-order valence-electron chi connectivity index (χ4n) is 3.00. The molecule has 4 rings (SSSR count). The number of hydrogen-bond donors (Lipinski definition) is 1. The molecule has 3 heterocycles. The fourth-order valence-corrected chi connectivity index (χ4v) is 4.54. The maximum atomic E-state index is 13.2. The lowest BCUT2D eigenvalue weighted by molar-refractivity contribution is 0.102. The summed E-state index contributed by atoms with van der Waals surface area (Å²) in [7, 11) is 3.40. The minimum atomic E-state index is -0.297. The second kappa shape index (κ2) is 8.52. The number of aromatic nitrogens is 2. The number of amides is 2. The molecule has 9 heteroatoms. The number of pyridine rings is 1. The zero-order chi connectivity index (χ0) is 22.1. The molecule has 4 aromatic rings. The molecule has 0 aliphatic carbocycles. The number of thioether (sulfide) groups is 1. The summed E-state index contributed by atoms with van der Waals surface area (Å²) in [4.78, 5) is 34.1. The van der Waals surface area contributed by atoms with Crippen molar-refractivity contribution in [3.63, 3.8) is 0 Å². The summed E-state index contributed by atoms with van der Waals surface area (Å²) in [5.74, 6) is -0.297. The van der Waals surface area contributed by atoms with Gasteiger partial charge in [0.1, 0.15) is 0 Å². The number of nitrogens with one attached hydrogen (secondary N) is 1. The van der Waals surface area contributed by atoms with Crippen LogP contribution in [0.2, 0.25) is 0 Å². The van der Waals surface area contributed by atoms with E-state index in [-0.39, 0.29) is 11.1 Å². The number of thiophene rings is 1. The molecule has 0 fully saturated rings. The topological polar surface area (TPSA) is 88.3 Å². The number of fused-ring (bicyclic) bond motifs is 1. The predicted molar refractivity (Wildman–Crippen MR) is 124 cm³/mol. The van der Waals surface area contributed by atoms with Crippen molar-refractivity contribution in [3.05, 3.63) is 58.6 Å². The van der Waals surface area contributed by atoms with Gasteiger partial charge in [0.15, 0.2) is 0 Å². The Morgan fingerprint density at radius 3 is 2.65 bits per heavy atom. The van der Waals surface area contributed by atoms with E-state index >= 15 is 0 Å². The highest BCUT2D eigenvalue weighted by Crippen LogP contribution is 2.31. The van der Waals surface area contributed by atoms with Crippen molar-refractivity contribution in [2.45, 2.75) is 18.7 Å². The third kappa shape index (κ3) is 4.47. The Labute approximate surface area is 187 Å². The molecule has 2 amide bonds. The monoisotopic (exact) mass is 452 g/mol. The van der Waals surface area contributed by atoms with E-state index in [1.165, 1.54) is 4.90 Å². The summed E-state index contributed by atoms with van der Waals surface area (Å²) in [5.41, 5.74) is 2.61. The Bertz CT molecular complexity index is 1290. The highest BCUT2D eigenvalue weighted by Gasteiger charge is 2.20. The fraction of sp³-hybridized carbons (Fsp3) is 0.182. The Balaban J connectivity index is 1.68. The molecule has 7 nitrogen and oxygen atoms in total. The molecule has 0 saturated carbocycles. The van der Waals surface area contributed by atoms with Crippen LogP contribution in [0.25, 0.3) is 21.7 Å². The minimum Gasteiger partial charge on any atom is -0.339 e. The summed E-state index contributed by atoms with van der Waals surface area (Å²) in [6.07, 6.45) is 0. The van der Waals surface area contributed by atoms with Crippen LogP contribution in [0, 0.1) is 13.8 Å². The van der Waals surface area contributed by atoms with Crippen molar-refractivity contribution in [1.82, 2.24) is 15.0 Å². The van der Waals surface area contributed by atoms with Crippen LogP contribution in [0.1, 0.15) is 20.9 Å². The second-order valence-electron chi connectivity index (χ2n) is 7.16. The van der Waals surface area contributed by atoms with E-state index in [9.17, 15) is 9.59 Å². The molecule has 0 aliphatic heterocycles. The van der Waals surface area contributed by atoms with Gasteiger partial charge in [-0.2, -0.15) is 0 Å². The van der Waals surface area contributed by atoms with Gasteiger partial charge in [-0.25, -0.2) is 4.98 Å². The number of hydrogen-bond acceptors (Lipinski definition) is 7. The number of benzene rings is 1. The molecule has 0 aliphatic rings. The van der Waals surface area contributed by atoms with Crippen molar-refractivity contribution in [1.29, 1.82) is 0 Å². The van der Waals surface area contributed by atoms with Crippen LogP contribution in [0.5, 0.6) is 0 Å². The summed E-state index contributed by atoms with van der Waals surface area (Å²) in [5, 5.41) is 7.41. The van der Waals surface area contributed by atoms with Crippen molar-refractivity contribution in [2.24, 2.45) is 0 Å². The molecular weight excluding hydrogens is 432 g/mol. The average molecular weight is 453 g/mol. The van der Waals surface area contributed by atoms with Crippen LogP contribution in [-0.2, 0) is 0 Å². The Morgan fingerprint density at radius 1 is 1.13 bits per heavy atom. The summed E-state index contributed by atoms with van der Waals surface area (Å²) in [6, 6.07) is 12.9. The predicted octanol–water partition coefficient (Wildman–Crippen LogP) is 5.59. The van der Waals surface area contributed by atoms with E-state index in [0.717, 1.165) is 26.4 Å². The molecule has 3 aromatic heterocycles. The first-order chi connectivity index (χ1) is 14.8. The van der Waals surface area contributed by atoms with Gasteiger partial charge in [0.2, 0.25) is 0 Å². The third-order valence-corrected chi connectivity index (χ3v) is 6.57. The largest absolute Gasteiger partial charge is 0.339 e. The number of nitrogens with zero attached hydrogens (tertiary/aromatic N) is 3. The van der Waals surface area contributed by atoms with Gasteiger partial charge in [0.05, 0.1) is 27.2 Å². The van der Waals surface area contributed by atoms with Gasteiger partial charge in [-0.3, -0.25) is 9.59 Å². The minimum absolute atomic E-state index is 0.0877. The number of rotatable bonds is 4. The van der Waals surface area contributed by atoms with Crippen LogP contribution in [0.3, 0.4) is 0 Å². The molecule has 31 heavy (non-hydrogen) atoms. The number of anilines is 1. The van der Waals surface area contributed by atoms with Crippen LogP contribution in [0.15, 0.2) is 51.9 Å². The zero-order valence-electron chi connectivity index (χ0n) is 17.4. The standard InChI is InChI=1S/C22H20N4O3S2/c1-12-8-9-18(30-12)17-11-16(19-13(2)25-29-21(19)24-17)20(27)23-14-6-5-7-15(10-14)31-22(28)26(3)4/h5-11H,1-4H3,(H,23,27). The van der Waals surface area contributed by atoms with E-state index in [2.05, 4.69) is 15.5 Å². The van der Waals surface area contributed by atoms with Crippen LogP contribution in [0.4, 0.5) is 10.5 Å². The number of aryl methyl sites for hydroxylation is 2. The van der Waals surface area contributed by atoms with E-state index in [1.807, 2.05) is 25.1 Å². The maximum absolute atomic E-state index is 13.2. The van der Waals surface area contributed by atoms with E-state index in [0.29, 0.717) is 33.7 Å². The van der Waals surface area contributed by atoms with Gasteiger partial charge < -0.3 is 14.7 Å². The summed E-state index contributed by atoms with van der Waals surface area (Å²) < 4.78 is 5.36. The van der Waals surface area contributed by atoms with Gasteiger partial charge >= 0.3 is 0 Å². The molecular formula is C22H20N4O3S2. The molecule has 0 atom stereocenters. The SMILES string of the molecule is Cc1ccc(-c2cc(C(=O)Nc3cccc(SC(=O)N(C)C)c3)c3c(C)noc3n2)s1. The molecule has 0 bridgehead atoms. The maximum Gasteiger partial charge on any atom is 0.285 e. The highest BCUT2D eigenvalue weighted by atomic mass is 32.2. The first kappa shape index (κ1) is 21.1. The van der Waals surface area contributed by atoms with E-state index in [4.69, 9.17) is 4.52 Å². The van der Waals surface area contributed by atoms with E-state index < -0.39 is 0 Å².